The van der Waals surface area contributed by atoms with Crippen LogP contribution in [0, 0.1) is 18.8 Å². The molecule has 1 aliphatic rings. The maximum atomic E-state index is 12.1. The molecule has 0 saturated heterocycles. The zero-order chi connectivity index (χ0) is 13.3. The lowest BCUT2D eigenvalue weighted by molar-refractivity contribution is 0.0927. The van der Waals surface area contributed by atoms with Crippen LogP contribution in [0.25, 0.3) is 0 Å². The standard InChI is InChI=1S/C15H21NO2/c1-9-4-6-13(11(9)3)16-15(18)12-5-7-14(17)10(2)8-12/h5,7-9,11,13,17H,4,6H2,1-3H3,(H,16,18). The third-order valence-electron chi connectivity index (χ3n) is 4.24. The Kier molecular flexibility index (Phi) is 3.60. The number of phenolic OH excluding ortho intramolecular Hbond substituents is 1. The first-order valence-electron chi connectivity index (χ1n) is 6.59. The summed E-state index contributed by atoms with van der Waals surface area (Å²) < 4.78 is 0. The lowest BCUT2D eigenvalue weighted by Crippen LogP contribution is -2.37. The monoisotopic (exact) mass is 247 g/mol. The molecule has 2 rings (SSSR count). The molecular weight excluding hydrogens is 226 g/mol. The smallest absolute Gasteiger partial charge is 0.251 e. The molecule has 1 aromatic rings. The van der Waals surface area contributed by atoms with Gasteiger partial charge in [0.2, 0.25) is 0 Å². The summed E-state index contributed by atoms with van der Waals surface area (Å²) in [6.45, 7) is 6.23. The van der Waals surface area contributed by atoms with Gasteiger partial charge >= 0.3 is 0 Å². The second-order valence-electron chi connectivity index (χ2n) is 5.49. The second-order valence-corrected chi connectivity index (χ2v) is 5.49. The van der Waals surface area contributed by atoms with E-state index in [0.29, 0.717) is 17.4 Å². The van der Waals surface area contributed by atoms with Crippen LogP contribution in [0.2, 0.25) is 0 Å². The van der Waals surface area contributed by atoms with E-state index in [0.717, 1.165) is 12.0 Å². The number of carbonyl (C=O) groups excluding carboxylic acids is 1. The van der Waals surface area contributed by atoms with Gasteiger partial charge < -0.3 is 10.4 Å². The highest BCUT2D eigenvalue weighted by Crippen LogP contribution is 2.31. The normalized spacial score (nSPS) is 27.2. The molecule has 98 valence electrons. The molecule has 3 nitrogen and oxygen atoms in total. The van der Waals surface area contributed by atoms with Gasteiger partial charge in [-0.15, -0.1) is 0 Å². The summed E-state index contributed by atoms with van der Waals surface area (Å²) in [7, 11) is 0. The molecule has 1 amide bonds. The minimum absolute atomic E-state index is 0.0379. The molecule has 18 heavy (non-hydrogen) atoms. The first kappa shape index (κ1) is 12.9. The van der Waals surface area contributed by atoms with E-state index in [-0.39, 0.29) is 17.7 Å². The Morgan fingerprint density at radius 3 is 2.61 bits per heavy atom. The van der Waals surface area contributed by atoms with Crippen LogP contribution in [-0.4, -0.2) is 17.1 Å². The number of nitrogens with one attached hydrogen (secondary N) is 1. The van der Waals surface area contributed by atoms with Gasteiger partial charge in [0, 0.05) is 11.6 Å². The Bertz CT molecular complexity index is 456. The van der Waals surface area contributed by atoms with Gasteiger partial charge in [0.05, 0.1) is 0 Å². The van der Waals surface area contributed by atoms with Crippen molar-refractivity contribution < 1.29 is 9.90 Å². The average Bonchev–Trinajstić information content (AvgIpc) is 2.64. The molecule has 0 aromatic heterocycles. The summed E-state index contributed by atoms with van der Waals surface area (Å²) in [4.78, 5) is 12.1. The molecule has 1 fully saturated rings. The number of phenols is 1. The van der Waals surface area contributed by atoms with E-state index >= 15 is 0 Å². The Balaban J connectivity index is 2.06. The number of carbonyl (C=O) groups is 1. The van der Waals surface area contributed by atoms with Crippen LogP contribution in [0.15, 0.2) is 18.2 Å². The van der Waals surface area contributed by atoms with Crippen molar-refractivity contribution in [1.82, 2.24) is 5.32 Å². The van der Waals surface area contributed by atoms with Crippen molar-refractivity contribution in [3.05, 3.63) is 29.3 Å². The maximum absolute atomic E-state index is 12.1. The van der Waals surface area contributed by atoms with Crippen molar-refractivity contribution in [2.45, 2.75) is 39.7 Å². The van der Waals surface area contributed by atoms with Gasteiger partial charge in [0.1, 0.15) is 5.75 Å². The largest absolute Gasteiger partial charge is 0.508 e. The molecule has 0 spiro atoms. The Morgan fingerprint density at radius 2 is 2.06 bits per heavy atom. The molecule has 2 N–H and O–H groups in total. The number of rotatable bonds is 2. The molecular formula is C15H21NO2. The molecule has 0 aliphatic heterocycles. The number of hydrogen-bond acceptors (Lipinski definition) is 2. The minimum atomic E-state index is -0.0379. The summed E-state index contributed by atoms with van der Waals surface area (Å²) in [6.07, 6.45) is 2.24. The third kappa shape index (κ3) is 2.50. The van der Waals surface area contributed by atoms with Crippen molar-refractivity contribution in [2.75, 3.05) is 0 Å². The molecule has 0 bridgehead atoms. The van der Waals surface area contributed by atoms with Crippen LogP contribution in [0.1, 0.15) is 42.6 Å². The minimum Gasteiger partial charge on any atom is -0.508 e. The van der Waals surface area contributed by atoms with E-state index in [1.165, 1.54) is 6.42 Å². The number of hydrogen-bond donors (Lipinski definition) is 2. The van der Waals surface area contributed by atoms with Gasteiger partial charge in [-0.3, -0.25) is 4.79 Å². The fraction of sp³-hybridized carbons (Fsp3) is 0.533. The van der Waals surface area contributed by atoms with Crippen LogP contribution < -0.4 is 5.32 Å². The summed E-state index contributed by atoms with van der Waals surface area (Å²) in [5.74, 6) is 1.41. The molecule has 1 aromatic carbocycles. The van der Waals surface area contributed by atoms with Crippen molar-refractivity contribution >= 4 is 5.91 Å². The Morgan fingerprint density at radius 1 is 1.33 bits per heavy atom. The van der Waals surface area contributed by atoms with Gasteiger partial charge in [-0.25, -0.2) is 0 Å². The first-order chi connectivity index (χ1) is 8.49. The van der Waals surface area contributed by atoms with Crippen molar-refractivity contribution in [2.24, 2.45) is 11.8 Å². The molecule has 1 saturated carbocycles. The molecule has 3 heteroatoms. The number of aryl methyl sites for hydroxylation is 1. The summed E-state index contributed by atoms with van der Waals surface area (Å²) >= 11 is 0. The van der Waals surface area contributed by atoms with Crippen LogP contribution >= 0.6 is 0 Å². The van der Waals surface area contributed by atoms with Gasteiger partial charge in [-0.05, 0) is 55.4 Å². The lowest BCUT2D eigenvalue weighted by atomic mass is 9.97. The molecule has 0 heterocycles. The van der Waals surface area contributed by atoms with Gasteiger partial charge in [-0.2, -0.15) is 0 Å². The maximum Gasteiger partial charge on any atom is 0.251 e. The zero-order valence-corrected chi connectivity index (χ0v) is 11.2. The van der Waals surface area contributed by atoms with Crippen molar-refractivity contribution in [3.63, 3.8) is 0 Å². The second kappa shape index (κ2) is 5.01. The van der Waals surface area contributed by atoms with E-state index in [9.17, 15) is 9.90 Å². The predicted octanol–water partition coefficient (Wildman–Crippen LogP) is 2.87. The van der Waals surface area contributed by atoms with Crippen molar-refractivity contribution in [1.29, 1.82) is 0 Å². The van der Waals surface area contributed by atoms with E-state index < -0.39 is 0 Å². The van der Waals surface area contributed by atoms with Crippen LogP contribution in [0.5, 0.6) is 5.75 Å². The fourth-order valence-corrected chi connectivity index (χ4v) is 2.62. The molecule has 3 unspecified atom stereocenters. The van der Waals surface area contributed by atoms with Crippen LogP contribution in [0.3, 0.4) is 0 Å². The fourth-order valence-electron chi connectivity index (χ4n) is 2.62. The highest BCUT2D eigenvalue weighted by molar-refractivity contribution is 5.94. The van der Waals surface area contributed by atoms with E-state index in [4.69, 9.17) is 0 Å². The average molecular weight is 247 g/mol. The number of benzene rings is 1. The molecule has 0 radical (unpaired) electrons. The molecule has 1 aliphatic carbocycles. The van der Waals surface area contributed by atoms with E-state index in [1.807, 2.05) is 0 Å². The van der Waals surface area contributed by atoms with Gasteiger partial charge in [-0.1, -0.05) is 13.8 Å². The SMILES string of the molecule is Cc1cc(C(=O)NC2CCC(C)C2C)ccc1O. The topological polar surface area (TPSA) is 49.3 Å². The highest BCUT2D eigenvalue weighted by Gasteiger charge is 2.30. The van der Waals surface area contributed by atoms with E-state index in [2.05, 4.69) is 19.2 Å². The van der Waals surface area contributed by atoms with E-state index in [1.54, 1.807) is 25.1 Å². The quantitative estimate of drug-likeness (QED) is 0.844. The third-order valence-corrected chi connectivity index (χ3v) is 4.24. The van der Waals surface area contributed by atoms with Crippen molar-refractivity contribution in [3.8, 4) is 5.75 Å². The van der Waals surface area contributed by atoms with Crippen LogP contribution in [0.4, 0.5) is 0 Å². The van der Waals surface area contributed by atoms with Crippen LogP contribution in [-0.2, 0) is 0 Å². The number of amides is 1. The summed E-state index contributed by atoms with van der Waals surface area (Å²) in [6, 6.07) is 5.25. The highest BCUT2D eigenvalue weighted by atomic mass is 16.3. The van der Waals surface area contributed by atoms with Gasteiger partial charge in [0.15, 0.2) is 0 Å². The van der Waals surface area contributed by atoms with Gasteiger partial charge in [0.25, 0.3) is 5.91 Å². The number of aromatic hydroxyl groups is 1. The zero-order valence-electron chi connectivity index (χ0n) is 11.2. The predicted molar refractivity (Wildman–Crippen MR) is 71.7 cm³/mol. The Labute approximate surface area is 108 Å². The first-order valence-corrected chi connectivity index (χ1v) is 6.59. The summed E-state index contributed by atoms with van der Waals surface area (Å²) in [5.41, 5.74) is 1.35. The Hall–Kier alpha value is -1.51. The lowest BCUT2D eigenvalue weighted by Gasteiger charge is -2.19. The molecule has 3 atom stereocenters. The summed E-state index contributed by atoms with van der Waals surface area (Å²) in [5, 5.41) is 12.6.